The van der Waals surface area contributed by atoms with Gasteiger partial charge in [0.15, 0.2) is 5.13 Å². The predicted molar refractivity (Wildman–Crippen MR) is 92.8 cm³/mol. The zero-order valence-corrected chi connectivity index (χ0v) is 14.4. The molecule has 0 aliphatic carbocycles. The van der Waals surface area contributed by atoms with Crippen molar-refractivity contribution in [3.05, 3.63) is 40.4 Å². The van der Waals surface area contributed by atoms with Crippen LogP contribution in [0.2, 0.25) is 0 Å². The first-order valence-electron chi connectivity index (χ1n) is 7.53. The molecule has 0 spiro atoms. The highest BCUT2D eigenvalue weighted by Crippen LogP contribution is 2.33. The second-order valence-corrected chi connectivity index (χ2v) is 6.70. The largest absolute Gasteiger partial charge is 0.321 e. The molecule has 0 aliphatic heterocycles. The Morgan fingerprint density at radius 1 is 1.33 bits per heavy atom. The number of rotatable bonds is 6. The third-order valence-corrected chi connectivity index (χ3v) is 4.62. The molecule has 1 N–H and O–H groups in total. The number of hydrogen-bond donors (Lipinski definition) is 1. The smallest absolute Gasteiger partial charge is 0.190 e. The van der Waals surface area contributed by atoms with E-state index < -0.39 is 0 Å². The minimum Gasteiger partial charge on any atom is -0.321 e. The molecule has 0 fully saturated rings. The van der Waals surface area contributed by atoms with Crippen LogP contribution < -0.4 is 10.2 Å². The van der Waals surface area contributed by atoms with E-state index in [0.29, 0.717) is 5.92 Å². The van der Waals surface area contributed by atoms with Crippen molar-refractivity contribution in [2.45, 2.75) is 40.2 Å². The second-order valence-electron chi connectivity index (χ2n) is 5.64. The van der Waals surface area contributed by atoms with Crippen molar-refractivity contribution in [1.82, 2.24) is 10.3 Å². The summed E-state index contributed by atoms with van der Waals surface area (Å²) in [6.45, 7) is 10.6. The summed E-state index contributed by atoms with van der Waals surface area (Å²) < 4.78 is 0. The third-order valence-electron chi connectivity index (χ3n) is 3.47. The van der Waals surface area contributed by atoms with Crippen LogP contribution in [0.25, 0.3) is 0 Å². The number of nitrogens with zero attached hydrogens (tertiary/aromatic N) is 2. The maximum atomic E-state index is 4.87. The highest BCUT2D eigenvalue weighted by Gasteiger charge is 2.17. The lowest BCUT2D eigenvalue weighted by Crippen LogP contribution is -2.12. The van der Waals surface area contributed by atoms with E-state index in [1.165, 1.54) is 21.8 Å². The standard InChI is InChI=1S/C17H25N3S/c1-6-18-11-15-16(12(2)3)19-17(21-15)20(5)14-9-7-8-13(4)10-14/h7-10,12,18H,6,11H2,1-5H3. The van der Waals surface area contributed by atoms with E-state index in [1.807, 2.05) is 0 Å². The molecule has 0 atom stereocenters. The van der Waals surface area contributed by atoms with Crippen molar-refractivity contribution in [2.75, 3.05) is 18.5 Å². The Morgan fingerprint density at radius 2 is 2.10 bits per heavy atom. The summed E-state index contributed by atoms with van der Waals surface area (Å²) in [5.41, 5.74) is 3.68. The van der Waals surface area contributed by atoms with Crippen LogP contribution >= 0.6 is 11.3 Å². The molecule has 0 amide bonds. The van der Waals surface area contributed by atoms with Crippen molar-refractivity contribution in [3.63, 3.8) is 0 Å². The SMILES string of the molecule is CCNCc1sc(N(C)c2cccc(C)c2)nc1C(C)C. The van der Waals surface area contributed by atoms with Crippen molar-refractivity contribution < 1.29 is 0 Å². The van der Waals surface area contributed by atoms with E-state index in [9.17, 15) is 0 Å². The number of hydrogen-bond acceptors (Lipinski definition) is 4. The van der Waals surface area contributed by atoms with E-state index >= 15 is 0 Å². The third kappa shape index (κ3) is 3.83. The first kappa shape index (κ1) is 16.0. The van der Waals surface area contributed by atoms with Crippen molar-refractivity contribution in [2.24, 2.45) is 0 Å². The van der Waals surface area contributed by atoms with E-state index in [-0.39, 0.29) is 0 Å². The lowest BCUT2D eigenvalue weighted by Gasteiger charge is -2.16. The summed E-state index contributed by atoms with van der Waals surface area (Å²) in [7, 11) is 2.09. The molecule has 0 radical (unpaired) electrons. The molecular formula is C17H25N3S. The Balaban J connectivity index is 2.30. The van der Waals surface area contributed by atoms with Gasteiger partial charge in [0.2, 0.25) is 0 Å². The minimum absolute atomic E-state index is 0.453. The minimum atomic E-state index is 0.453. The maximum Gasteiger partial charge on any atom is 0.190 e. The fraction of sp³-hybridized carbons (Fsp3) is 0.471. The lowest BCUT2D eigenvalue weighted by atomic mass is 10.1. The Hall–Kier alpha value is -1.39. The first-order valence-corrected chi connectivity index (χ1v) is 8.35. The van der Waals surface area contributed by atoms with Crippen LogP contribution in [0.1, 0.15) is 42.8 Å². The van der Waals surface area contributed by atoms with E-state index in [1.54, 1.807) is 11.3 Å². The zero-order valence-electron chi connectivity index (χ0n) is 13.6. The van der Waals surface area contributed by atoms with Crippen LogP contribution in [-0.4, -0.2) is 18.6 Å². The van der Waals surface area contributed by atoms with Gasteiger partial charge in [-0.05, 0) is 37.1 Å². The van der Waals surface area contributed by atoms with Crippen molar-refractivity contribution in [3.8, 4) is 0 Å². The van der Waals surface area contributed by atoms with Crippen LogP contribution in [-0.2, 0) is 6.54 Å². The molecule has 114 valence electrons. The predicted octanol–water partition coefficient (Wildman–Crippen LogP) is 4.45. The number of benzene rings is 1. The molecule has 1 heterocycles. The molecule has 1 aromatic carbocycles. The molecule has 0 saturated heterocycles. The fourth-order valence-corrected chi connectivity index (χ4v) is 3.42. The second kappa shape index (κ2) is 7.05. The molecule has 0 saturated carbocycles. The normalized spacial score (nSPS) is 11.1. The van der Waals surface area contributed by atoms with E-state index in [4.69, 9.17) is 4.98 Å². The van der Waals surface area contributed by atoms with Gasteiger partial charge in [0.25, 0.3) is 0 Å². The Kier molecular flexibility index (Phi) is 5.37. The van der Waals surface area contributed by atoms with Crippen LogP contribution in [0.5, 0.6) is 0 Å². The van der Waals surface area contributed by atoms with Gasteiger partial charge in [-0.1, -0.05) is 44.2 Å². The van der Waals surface area contributed by atoms with Gasteiger partial charge in [-0.25, -0.2) is 4.98 Å². The molecular weight excluding hydrogens is 278 g/mol. The average molecular weight is 303 g/mol. The summed E-state index contributed by atoms with van der Waals surface area (Å²) in [5.74, 6) is 0.453. The van der Waals surface area contributed by atoms with Crippen LogP contribution in [0.15, 0.2) is 24.3 Å². The summed E-state index contributed by atoms with van der Waals surface area (Å²) in [5, 5.41) is 4.48. The van der Waals surface area contributed by atoms with Crippen LogP contribution in [0, 0.1) is 6.92 Å². The summed E-state index contributed by atoms with van der Waals surface area (Å²) >= 11 is 1.79. The Morgan fingerprint density at radius 3 is 2.71 bits per heavy atom. The molecule has 4 heteroatoms. The molecule has 3 nitrogen and oxygen atoms in total. The molecule has 1 aromatic heterocycles. The summed E-state index contributed by atoms with van der Waals surface area (Å²) in [4.78, 5) is 8.40. The summed E-state index contributed by atoms with van der Waals surface area (Å²) in [6.07, 6.45) is 0. The maximum absolute atomic E-state index is 4.87. The van der Waals surface area contributed by atoms with Gasteiger partial charge in [0.05, 0.1) is 5.69 Å². The number of thiazole rings is 1. The topological polar surface area (TPSA) is 28.2 Å². The Labute approximate surface area is 132 Å². The van der Waals surface area contributed by atoms with Gasteiger partial charge in [-0.2, -0.15) is 0 Å². The lowest BCUT2D eigenvalue weighted by molar-refractivity contribution is 0.714. The number of aromatic nitrogens is 1. The average Bonchev–Trinajstić information content (AvgIpc) is 2.88. The summed E-state index contributed by atoms with van der Waals surface area (Å²) in [6, 6.07) is 8.54. The van der Waals surface area contributed by atoms with E-state index in [0.717, 1.165) is 18.2 Å². The number of nitrogens with one attached hydrogen (secondary N) is 1. The van der Waals surface area contributed by atoms with Crippen molar-refractivity contribution in [1.29, 1.82) is 0 Å². The zero-order chi connectivity index (χ0) is 15.4. The van der Waals surface area contributed by atoms with Gasteiger partial charge in [0.1, 0.15) is 0 Å². The monoisotopic (exact) mass is 303 g/mol. The highest BCUT2D eigenvalue weighted by atomic mass is 32.1. The van der Waals surface area contributed by atoms with Gasteiger partial charge < -0.3 is 10.2 Å². The van der Waals surface area contributed by atoms with E-state index in [2.05, 4.69) is 69.2 Å². The fourth-order valence-electron chi connectivity index (χ4n) is 2.26. The first-order chi connectivity index (χ1) is 10.0. The number of aryl methyl sites for hydroxylation is 1. The molecule has 0 unspecified atom stereocenters. The highest BCUT2D eigenvalue weighted by molar-refractivity contribution is 7.15. The molecule has 0 bridgehead atoms. The molecule has 21 heavy (non-hydrogen) atoms. The number of anilines is 2. The van der Waals surface area contributed by atoms with Gasteiger partial charge in [-0.15, -0.1) is 0 Å². The quantitative estimate of drug-likeness (QED) is 0.854. The molecule has 0 aliphatic rings. The van der Waals surface area contributed by atoms with Gasteiger partial charge in [-0.3, -0.25) is 0 Å². The van der Waals surface area contributed by atoms with Gasteiger partial charge >= 0.3 is 0 Å². The molecule has 2 aromatic rings. The van der Waals surface area contributed by atoms with Crippen LogP contribution in [0.4, 0.5) is 10.8 Å². The van der Waals surface area contributed by atoms with Crippen LogP contribution in [0.3, 0.4) is 0 Å². The Bertz CT molecular complexity index is 589. The van der Waals surface area contributed by atoms with Crippen molar-refractivity contribution >= 4 is 22.2 Å². The van der Waals surface area contributed by atoms with Gasteiger partial charge in [0, 0.05) is 24.2 Å². The molecule has 2 rings (SSSR count).